The van der Waals surface area contributed by atoms with Crippen LogP contribution in [0.1, 0.15) is 38.5 Å². The maximum atomic E-state index is 12.6. The average molecular weight is 394 g/mol. The highest BCUT2D eigenvalue weighted by atomic mass is 32.1. The molecule has 0 unspecified atom stereocenters. The Bertz CT molecular complexity index is 770. The normalized spacial score (nSPS) is 17.2. The van der Waals surface area contributed by atoms with Crippen molar-refractivity contribution < 1.29 is 4.79 Å². The summed E-state index contributed by atoms with van der Waals surface area (Å²) in [4.78, 5) is 15.9. The second-order valence-electron chi connectivity index (χ2n) is 7.23. The summed E-state index contributed by atoms with van der Waals surface area (Å²) in [5.74, 6) is 0.697. The highest BCUT2D eigenvalue weighted by molar-refractivity contribution is 7.71. The molecule has 26 heavy (non-hydrogen) atoms. The number of amides is 1. The number of aromatic nitrogens is 3. The fourth-order valence-corrected chi connectivity index (χ4v) is 4.61. The van der Waals surface area contributed by atoms with Crippen molar-refractivity contribution in [1.29, 1.82) is 0 Å². The molecule has 1 aliphatic rings. The summed E-state index contributed by atoms with van der Waals surface area (Å²) in [6.07, 6.45) is 7.29. The Morgan fingerprint density at radius 3 is 2.73 bits per heavy atom. The summed E-state index contributed by atoms with van der Waals surface area (Å²) < 4.78 is 2.24. The van der Waals surface area contributed by atoms with Crippen LogP contribution in [0, 0.1) is 4.77 Å². The molecule has 0 radical (unpaired) electrons. The maximum absolute atomic E-state index is 12.6. The zero-order valence-corrected chi connectivity index (χ0v) is 17.1. The quantitative estimate of drug-likeness (QED) is 0.583. The van der Waals surface area contributed by atoms with Gasteiger partial charge in [0.15, 0.2) is 10.6 Å². The van der Waals surface area contributed by atoms with Gasteiger partial charge in [-0.3, -0.25) is 14.5 Å². The second kappa shape index (κ2) is 8.45. The van der Waals surface area contributed by atoms with Gasteiger partial charge in [-0.2, -0.15) is 5.10 Å². The third-order valence-corrected chi connectivity index (χ3v) is 6.58. The van der Waals surface area contributed by atoms with E-state index < -0.39 is 0 Å². The highest BCUT2D eigenvalue weighted by Gasteiger charge is 2.33. The van der Waals surface area contributed by atoms with Crippen molar-refractivity contribution in [3.8, 4) is 10.7 Å². The van der Waals surface area contributed by atoms with E-state index in [1.54, 1.807) is 15.9 Å². The first kappa shape index (κ1) is 19.3. The monoisotopic (exact) mass is 393 g/mol. The third kappa shape index (κ3) is 4.24. The fraction of sp³-hybridized carbons (Fsp3) is 0.611. The zero-order chi connectivity index (χ0) is 18.6. The Kier molecular flexibility index (Phi) is 6.26. The lowest BCUT2D eigenvalue weighted by Crippen LogP contribution is -2.52. The molecule has 142 valence electrons. The number of aromatic amines is 1. The number of nitrogens with one attached hydrogen (secondary N) is 2. The van der Waals surface area contributed by atoms with Gasteiger partial charge in [0, 0.05) is 12.1 Å². The minimum Gasteiger partial charge on any atom is -0.353 e. The van der Waals surface area contributed by atoms with E-state index >= 15 is 0 Å². The number of hydrogen-bond acceptors (Lipinski definition) is 5. The average Bonchev–Trinajstić information content (AvgIpc) is 3.18. The lowest BCUT2D eigenvalue weighted by molar-refractivity contribution is -0.122. The van der Waals surface area contributed by atoms with Crippen LogP contribution < -0.4 is 5.32 Å². The Morgan fingerprint density at radius 2 is 2.12 bits per heavy atom. The van der Waals surface area contributed by atoms with Crippen molar-refractivity contribution in [2.24, 2.45) is 0 Å². The van der Waals surface area contributed by atoms with Gasteiger partial charge in [0.25, 0.3) is 0 Å². The number of thiophene rings is 1. The van der Waals surface area contributed by atoms with Gasteiger partial charge in [-0.1, -0.05) is 31.7 Å². The van der Waals surface area contributed by atoms with Crippen LogP contribution in [-0.2, 0) is 11.3 Å². The molecule has 0 aliphatic heterocycles. The molecule has 0 spiro atoms. The first-order valence-electron chi connectivity index (χ1n) is 9.15. The van der Waals surface area contributed by atoms with Gasteiger partial charge in [0.05, 0.1) is 4.88 Å². The van der Waals surface area contributed by atoms with Crippen LogP contribution in [-0.4, -0.2) is 51.8 Å². The largest absolute Gasteiger partial charge is 0.353 e. The Morgan fingerprint density at radius 1 is 1.38 bits per heavy atom. The molecule has 0 atom stereocenters. The molecular weight excluding hydrogens is 366 g/mol. The van der Waals surface area contributed by atoms with Gasteiger partial charge < -0.3 is 10.2 Å². The van der Waals surface area contributed by atoms with Crippen molar-refractivity contribution in [2.45, 2.75) is 50.6 Å². The van der Waals surface area contributed by atoms with Gasteiger partial charge in [0.2, 0.25) is 5.91 Å². The lowest BCUT2D eigenvalue weighted by Gasteiger charge is -2.39. The van der Waals surface area contributed by atoms with E-state index in [9.17, 15) is 4.79 Å². The van der Waals surface area contributed by atoms with Crippen LogP contribution in [0.2, 0.25) is 0 Å². The smallest absolute Gasteiger partial charge is 0.240 e. The van der Waals surface area contributed by atoms with Crippen molar-refractivity contribution >= 4 is 29.5 Å². The number of hydrogen-bond donors (Lipinski definition) is 2. The molecule has 0 saturated heterocycles. The van der Waals surface area contributed by atoms with Crippen molar-refractivity contribution in [1.82, 2.24) is 25.0 Å². The zero-order valence-electron chi connectivity index (χ0n) is 15.5. The van der Waals surface area contributed by atoms with E-state index in [4.69, 9.17) is 12.2 Å². The summed E-state index contributed by atoms with van der Waals surface area (Å²) in [5, 5.41) is 12.2. The summed E-state index contributed by atoms with van der Waals surface area (Å²) in [7, 11) is 4.25. The van der Waals surface area contributed by atoms with Crippen LogP contribution >= 0.6 is 23.6 Å². The predicted octanol–water partition coefficient (Wildman–Crippen LogP) is 3.44. The number of likely N-dealkylation sites (N-methyl/N-ethyl adjacent to an activating group) is 1. The molecule has 3 rings (SSSR count). The molecule has 1 amide bonds. The number of carbonyl (C=O) groups is 1. The Balaban J connectivity index is 1.68. The molecule has 2 aromatic heterocycles. The molecule has 6 nitrogen and oxygen atoms in total. The molecule has 0 aromatic carbocycles. The highest BCUT2D eigenvalue weighted by Crippen LogP contribution is 2.30. The lowest BCUT2D eigenvalue weighted by atomic mass is 9.88. The van der Waals surface area contributed by atoms with E-state index in [1.807, 2.05) is 17.5 Å². The predicted molar refractivity (Wildman–Crippen MR) is 108 cm³/mol. The minimum atomic E-state index is -0.0224. The van der Waals surface area contributed by atoms with Gasteiger partial charge in [0.1, 0.15) is 6.54 Å². The Labute approximate surface area is 163 Å². The van der Waals surface area contributed by atoms with Gasteiger partial charge in [-0.05, 0) is 50.6 Å². The molecule has 2 heterocycles. The molecule has 0 bridgehead atoms. The van der Waals surface area contributed by atoms with Crippen LogP contribution in [0.5, 0.6) is 0 Å². The standard InChI is InChI=1S/C18H27N5OS2/c1-22(2)18(9-5-3-4-6-10-18)13-19-15(24)12-23-16(20-21-17(23)25)14-8-7-11-26-14/h7-8,11H,3-6,9-10,12-13H2,1-2H3,(H,19,24)(H,21,25). The molecular formula is C18H27N5OS2. The number of H-pyrrole nitrogens is 1. The molecule has 1 aliphatic carbocycles. The van der Waals surface area contributed by atoms with E-state index in [-0.39, 0.29) is 18.0 Å². The molecule has 2 aromatic rings. The molecule has 1 fully saturated rings. The SMILES string of the molecule is CN(C)C1(CNC(=O)Cn2c(-c3cccs3)n[nH]c2=S)CCCCCC1. The van der Waals surface area contributed by atoms with E-state index in [0.717, 1.165) is 23.5 Å². The van der Waals surface area contributed by atoms with Crippen LogP contribution in [0.4, 0.5) is 0 Å². The van der Waals surface area contributed by atoms with E-state index in [0.29, 0.717) is 11.3 Å². The number of rotatable bonds is 6. The minimum absolute atomic E-state index is 0.0224. The first-order chi connectivity index (χ1) is 12.5. The fourth-order valence-electron chi connectivity index (χ4n) is 3.69. The van der Waals surface area contributed by atoms with E-state index in [2.05, 4.69) is 34.5 Å². The number of carbonyl (C=O) groups excluding carboxylic acids is 1. The van der Waals surface area contributed by atoms with Gasteiger partial charge in [-0.15, -0.1) is 11.3 Å². The van der Waals surface area contributed by atoms with Gasteiger partial charge >= 0.3 is 0 Å². The van der Waals surface area contributed by atoms with Crippen LogP contribution in [0.25, 0.3) is 10.7 Å². The second-order valence-corrected chi connectivity index (χ2v) is 8.56. The first-order valence-corrected chi connectivity index (χ1v) is 10.4. The molecule has 1 saturated carbocycles. The molecule has 8 heteroatoms. The van der Waals surface area contributed by atoms with Crippen LogP contribution in [0.15, 0.2) is 17.5 Å². The topological polar surface area (TPSA) is 66.0 Å². The third-order valence-electron chi connectivity index (χ3n) is 5.40. The summed E-state index contributed by atoms with van der Waals surface area (Å²) >= 11 is 6.90. The molecule has 2 N–H and O–H groups in total. The summed E-state index contributed by atoms with van der Waals surface area (Å²) in [6, 6.07) is 3.95. The van der Waals surface area contributed by atoms with Crippen molar-refractivity contribution in [3.05, 3.63) is 22.3 Å². The number of nitrogens with zero attached hydrogens (tertiary/aromatic N) is 3. The van der Waals surface area contributed by atoms with E-state index in [1.165, 1.54) is 25.7 Å². The summed E-state index contributed by atoms with van der Waals surface area (Å²) in [6.45, 7) is 0.865. The summed E-state index contributed by atoms with van der Waals surface area (Å²) in [5.41, 5.74) is 0.0562. The van der Waals surface area contributed by atoms with Crippen molar-refractivity contribution in [2.75, 3.05) is 20.6 Å². The maximum Gasteiger partial charge on any atom is 0.240 e. The Hall–Kier alpha value is -1.51. The van der Waals surface area contributed by atoms with Crippen LogP contribution in [0.3, 0.4) is 0 Å². The van der Waals surface area contributed by atoms with Gasteiger partial charge in [-0.25, -0.2) is 0 Å². The van der Waals surface area contributed by atoms with Crippen molar-refractivity contribution in [3.63, 3.8) is 0 Å².